The van der Waals surface area contributed by atoms with Crippen LogP contribution in [-0.2, 0) is 11.8 Å². The SMILES string of the molecule is Cn1c(=Cc2ccccc2)c(OCCCN2C(=O)c3ccccc3C2=O)nc(=Cc2cn(C(=O)OC(C)(C)C)c3ccccc23)c1=O. The average molecular weight is 631 g/mol. The number of hydrogen-bond acceptors (Lipinski definition) is 7. The van der Waals surface area contributed by atoms with E-state index in [1.807, 2.05) is 60.7 Å². The molecule has 0 saturated heterocycles. The van der Waals surface area contributed by atoms with Crippen LogP contribution in [-0.4, -0.2) is 55.7 Å². The number of nitrogens with zero attached hydrogens (tertiary/aromatic N) is 4. The molecule has 0 fully saturated rings. The first-order valence-electron chi connectivity index (χ1n) is 15.3. The van der Waals surface area contributed by atoms with Crippen LogP contribution in [0.1, 0.15) is 59.0 Å². The second-order valence-electron chi connectivity index (χ2n) is 12.2. The Morgan fingerprint density at radius 2 is 1.49 bits per heavy atom. The molecule has 238 valence electrons. The quantitative estimate of drug-likeness (QED) is 0.195. The molecule has 0 saturated carbocycles. The summed E-state index contributed by atoms with van der Waals surface area (Å²) < 4.78 is 14.7. The lowest BCUT2D eigenvalue weighted by Gasteiger charge is -2.19. The predicted octanol–water partition coefficient (Wildman–Crippen LogP) is 4.24. The summed E-state index contributed by atoms with van der Waals surface area (Å²) in [7, 11) is 1.64. The van der Waals surface area contributed by atoms with E-state index in [0.29, 0.717) is 34.0 Å². The monoisotopic (exact) mass is 630 g/mol. The van der Waals surface area contributed by atoms with Crippen LogP contribution in [0, 0.1) is 0 Å². The van der Waals surface area contributed by atoms with Gasteiger partial charge in [0.25, 0.3) is 17.4 Å². The Morgan fingerprint density at radius 1 is 0.851 bits per heavy atom. The van der Waals surface area contributed by atoms with Crippen molar-refractivity contribution in [3.8, 4) is 5.88 Å². The molecule has 1 aliphatic heterocycles. The van der Waals surface area contributed by atoms with Gasteiger partial charge in [-0.2, -0.15) is 0 Å². The highest BCUT2D eigenvalue weighted by Gasteiger charge is 2.34. The van der Waals surface area contributed by atoms with Crippen molar-refractivity contribution in [3.05, 3.63) is 128 Å². The molecular formula is C37H34N4O6. The van der Waals surface area contributed by atoms with Crippen LogP contribution < -0.4 is 21.0 Å². The fourth-order valence-electron chi connectivity index (χ4n) is 5.47. The van der Waals surface area contributed by atoms with Gasteiger partial charge in [-0.1, -0.05) is 60.7 Å². The maximum absolute atomic E-state index is 13.7. The Bertz CT molecular complexity index is 2170. The van der Waals surface area contributed by atoms with Gasteiger partial charge in [-0.3, -0.25) is 23.9 Å². The first kappa shape index (κ1) is 31.2. The van der Waals surface area contributed by atoms with Crippen LogP contribution in [0.25, 0.3) is 23.1 Å². The summed E-state index contributed by atoms with van der Waals surface area (Å²) in [6.45, 7) is 5.69. The van der Waals surface area contributed by atoms with Gasteiger partial charge >= 0.3 is 6.09 Å². The van der Waals surface area contributed by atoms with Crippen molar-refractivity contribution in [1.82, 2.24) is 19.0 Å². The summed E-state index contributed by atoms with van der Waals surface area (Å²) in [5.74, 6) is -0.446. The van der Waals surface area contributed by atoms with Crippen LogP contribution in [0.4, 0.5) is 4.79 Å². The van der Waals surface area contributed by atoms with Gasteiger partial charge in [0, 0.05) is 30.7 Å². The number of hydrogen-bond donors (Lipinski definition) is 0. The summed E-state index contributed by atoms with van der Waals surface area (Å²) in [4.78, 5) is 58.3. The molecule has 3 aromatic carbocycles. The van der Waals surface area contributed by atoms with Crippen LogP contribution in [0.2, 0.25) is 0 Å². The van der Waals surface area contributed by atoms with Crippen LogP contribution in [0.15, 0.2) is 89.9 Å². The van der Waals surface area contributed by atoms with Crippen molar-refractivity contribution in [2.75, 3.05) is 13.2 Å². The van der Waals surface area contributed by atoms with E-state index < -0.39 is 11.7 Å². The first-order chi connectivity index (χ1) is 22.5. The fourth-order valence-corrected chi connectivity index (χ4v) is 5.47. The van der Waals surface area contributed by atoms with Gasteiger partial charge in [0.15, 0.2) is 0 Å². The molecule has 5 aromatic rings. The Kier molecular flexibility index (Phi) is 8.34. The molecule has 1 aliphatic rings. The molecule has 10 nitrogen and oxygen atoms in total. The Morgan fingerprint density at radius 3 is 2.17 bits per heavy atom. The third-order valence-electron chi connectivity index (χ3n) is 7.70. The molecule has 0 aliphatic carbocycles. The Balaban J connectivity index is 1.36. The van der Waals surface area contributed by atoms with Crippen molar-refractivity contribution in [1.29, 1.82) is 0 Å². The van der Waals surface area contributed by atoms with Gasteiger partial charge < -0.3 is 14.0 Å². The fraction of sp³-hybridized carbons (Fsp3) is 0.216. The van der Waals surface area contributed by atoms with E-state index >= 15 is 0 Å². The molecule has 0 N–H and O–H groups in total. The predicted molar refractivity (Wildman–Crippen MR) is 178 cm³/mol. The Labute approximate surface area is 270 Å². The topological polar surface area (TPSA) is 113 Å². The lowest BCUT2D eigenvalue weighted by atomic mass is 10.1. The minimum atomic E-state index is -0.694. The standard InChI is InChI=1S/C37H34N4O6/c1-37(2,3)47-36(45)41-23-25(26-15-10-11-18-30(26)41)22-29-35(44)39(4)31(21-24-13-6-5-7-14-24)32(38-29)46-20-12-19-40-33(42)27-16-8-9-17-28(27)34(40)43/h5-11,13-18,21-23H,12,19-20H2,1-4H3. The summed E-state index contributed by atoms with van der Waals surface area (Å²) in [6.07, 6.45) is 4.88. The number of carbonyl (C=O) groups excluding carboxylic acids is 3. The summed E-state index contributed by atoms with van der Waals surface area (Å²) in [5, 5.41) is 1.31. The van der Waals surface area contributed by atoms with E-state index in [4.69, 9.17) is 9.47 Å². The molecule has 0 atom stereocenters. The molecular weight excluding hydrogens is 596 g/mol. The zero-order valence-electron chi connectivity index (χ0n) is 26.6. The molecule has 2 amide bonds. The van der Waals surface area contributed by atoms with Crippen molar-refractivity contribution in [2.45, 2.75) is 32.8 Å². The summed E-state index contributed by atoms with van der Waals surface area (Å²) in [5.41, 5.74) is 1.81. The lowest BCUT2D eigenvalue weighted by Crippen LogP contribution is -2.44. The molecule has 10 heteroatoms. The summed E-state index contributed by atoms with van der Waals surface area (Å²) in [6, 6.07) is 23.6. The van der Waals surface area contributed by atoms with Gasteiger partial charge in [-0.05, 0) is 63.1 Å². The van der Waals surface area contributed by atoms with E-state index in [2.05, 4.69) is 4.98 Å². The van der Waals surface area contributed by atoms with Gasteiger partial charge in [0.2, 0.25) is 5.88 Å². The third kappa shape index (κ3) is 6.35. The lowest BCUT2D eigenvalue weighted by molar-refractivity contribution is 0.0542. The third-order valence-corrected chi connectivity index (χ3v) is 7.70. The van der Waals surface area contributed by atoms with Crippen LogP contribution in [0.3, 0.4) is 0 Å². The molecule has 0 bridgehead atoms. The van der Waals surface area contributed by atoms with E-state index in [9.17, 15) is 19.2 Å². The second kappa shape index (κ2) is 12.6. The molecule has 6 rings (SSSR count). The van der Waals surface area contributed by atoms with Gasteiger partial charge in [-0.25, -0.2) is 9.78 Å². The van der Waals surface area contributed by atoms with Crippen molar-refractivity contribution in [3.63, 3.8) is 0 Å². The number of benzene rings is 3. The smallest absolute Gasteiger partial charge is 0.419 e. The van der Waals surface area contributed by atoms with Crippen LogP contribution in [0.5, 0.6) is 5.88 Å². The molecule has 0 radical (unpaired) electrons. The number of rotatable bonds is 7. The van der Waals surface area contributed by atoms with Crippen molar-refractivity contribution >= 4 is 41.0 Å². The van der Waals surface area contributed by atoms with E-state index in [1.165, 1.54) is 14.0 Å². The van der Waals surface area contributed by atoms with E-state index in [1.54, 1.807) is 64.4 Å². The number of carbonyl (C=O) groups is 3. The highest BCUT2D eigenvalue weighted by Crippen LogP contribution is 2.24. The van der Waals surface area contributed by atoms with Gasteiger partial charge in [-0.15, -0.1) is 0 Å². The van der Waals surface area contributed by atoms with Crippen LogP contribution >= 0.6 is 0 Å². The maximum atomic E-state index is 13.7. The Hall–Kier alpha value is -5.77. The number of aromatic nitrogens is 3. The molecule has 3 heterocycles. The van der Waals surface area contributed by atoms with Crippen molar-refractivity contribution in [2.24, 2.45) is 7.05 Å². The first-order valence-corrected chi connectivity index (χ1v) is 15.3. The maximum Gasteiger partial charge on any atom is 0.419 e. The highest BCUT2D eigenvalue weighted by atomic mass is 16.6. The largest absolute Gasteiger partial charge is 0.476 e. The number of fused-ring (bicyclic) bond motifs is 2. The van der Waals surface area contributed by atoms with E-state index in [0.717, 1.165) is 10.9 Å². The van der Waals surface area contributed by atoms with Gasteiger partial charge in [0.05, 0.1) is 23.3 Å². The zero-order chi connectivity index (χ0) is 33.3. The molecule has 0 unspecified atom stereocenters. The van der Waals surface area contributed by atoms with Crippen molar-refractivity contribution < 1.29 is 23.9 Å². The number of ether oxygens (including phenoxy) is 2. The average Bonchev–Trinajstić information content (AvgIpc) is 3.53. The molecule has 47 heavy (non-hydrogen) atoms. The van der Waals surface area contributed by atoms with E-state index in [-0.39, 0.29) is 41.8 Å². The number of imide groups is 1. The molecule has 0 spiro atoms. The highest BCUT2D eigenvalue weighted by molar-refractivity contribution is 6.21. The minimum Gasteiger partial charge on any atom is -0.476 e. The summed E-state index contributed by atoms with van der Waals surface area (Å²) >= 11 is 0. The second-order valence-corrected chi connectivity index (χ2v) is 12.2. The number of amides is 2. The van der Waals surface area contributed by atoms with Gasteiger partial charge in [0.1, 0.15) is 16.3 Å². The molecule has 2 aromatic heterocycles. The zero-order valence-corrected chi connectivity index (χ0v) is 26.6. The normalized spacial score (nSPS) is 13.8. The minimum absolute atomic E-state index is 0.111. The number of para-hydroxylation sites is 1.